The second-order valence-electron chi connectivity index (χ2n) is 5.33. The van der Waals surface area contributed by atoms with Crippen LogP contribution in [0.25, 0.3) is 0 Å². The fraction of sp³-hybridized carbons (Fsp3) is 1.00. The minimum absolute atomic E-state index is 0.0443. The summed E-state index contributed by atoms with van der Waals surface area (Å²) in [5, 5.41) is 38.2. The molecule has 8 nitrogen and oxygen atoms in total. The molecule has 124 valence electrons. The fourth-order valence-corrected chi connectivity index (χ4v) is 2.82. The Bertz CT molecular complexity index is 403. The van der Waals surface area contributed by atoms with E-state index in [0.29, 0.717) is 6.42 Å². The monoisotopic (exact) mass is 325 g/mol. The van der Waals surface area contributed by atoms with Crippen LogP contribution in [-0.4, -0.2) is 84.1 Å². The molecule has 0 aromatic heterocycles. The zero-order chi connectivity index (χ0) is 16.6. The van der Waals surface area contributed by atoms with Crippen molar-refractivity contribution in [3.63, 3.8) is 0 Å². The van der Waals surface area contributed by atoms with Crippen LogP contribution in [0.15, 0.2) is 0 Å². The molecular weight excluding hydrogens is 301 g/mol. The first-order valence-electron chi connectivity index (χ1n) is 6.70. The minimum atomic E-state index is -4.11. The standard InChI is InChI=1S/C11H24BNO7S/c1-8(2)5-9(6-15)13(3-4-14)11(17)10(16)7-21(19,20)12-18/h8-11,14-17H,3-7H2,1-2H3. The van der Waals surface area contributed by atoms with Gasteiger partial charge < -0.3 is 0 Å². The van der Waals surface area contributed by atoms with Crippen LogP contribution in [0.1, 0.15) is 20.3 Å². The SMILES string of the molecule is CC(C)CC(CO)N(CCO)C(O)C(O)CS(=O)(=O)B=O. The van der Waals surface area contributed by atoms with Gasteiger partial charge in [-0.2, -0.15) is 0 Å². The maximum absolute atomic E-state index is 11.2. The fourth-order valence-electron chi connectivity index (χ4n) is 2.09. The number of hydrogen-bond donors (Lipinski definition) is 4. The summed E-state index contributed by atoms with van der Waals surface area (Å²) in [6, 6.07) is -0.541. The van der Waals surface area contributed by atoms with Gasteiger partial charge in [-0.15, -0.1) is 0 Å². The van der Waals surface area contributed by atoms with Gasteiger partial charge in [0.25, 0.3) is 0 Å². The number of nitrogens with zero attached hydrogens (tertiary/aromatic N) is 1. The van der Waals surface area contributed by atoms with Crippen LogP contribution < -0.4 is 0 Å². The maximum atomic E-state index is 11.2. The molecule has 0 aliphatic carbocycles. The summed E-state index contributed by atoms with van der Waals surface area (Å²) in [6.45, 7) is 3.11. The van der Waals surface area contributed by atoms with Crippen molar-refractivity contribution in [2.24, 2.45) is 5.92 Å². The Morgan fingerprint density at radius 1 is 1.19 bits per heavy atom. The van der Waals surface area contributed by atoms with Gasteiger partial charge in [-0.25, -0.2) is 0 Å². The molecule has 0 aromatic rings. The molecule has 3 unspecified atom stereocenters. The second-order valence-corrected chi connectivity index (χ2v) is 7.19. The molecule has 0 radical (unpaired) electrons. The van der Waals surface area contributed by atoms with Crippen molar-refractivity contribution in [1.82, 2.24) is 4.90 Å². The third kappa shape index (κ3) is 7.43. The van der Waals surface area contributed by atoms with Gasteiger partial charge in [0.1, 0.15) is 0 Å². The molecule has 21 heavy (non-hydrogen) atoms. The third-order valence-corrected chi connectivity index (χ3v) is 4.11. The normalized spacial score (nSPS) is 16.8. The van der Waals surface area contributed by atoms with Gasteiger partial charge >= 0.3 is 125 Å². The first-order valence-corrected chi connectivity index (χ1v) is 8.41. The Morgan fingerprint density at radius 3 is 2.14 bits per heavy atom. The number of rotatable bonds is 11. The number of hydrogen-bond acceptors (Lipinski definition) is 8. The summed E-state index contributed by atoms with van der Waals surface area (Å²) in [5.74, 6) is -0.731. The van der Waals surface area contributed by atoms with E-state index in [1.54, 1.807) is 0 Å². The van der Waals surface area contributed by atoms with Crippen LogP contribution in [0.2, 0.25) is 0 Å². The van der Waals surface area contributed by atoms with Gasteiger partial charge in [-0.1, -0.05) is 0 Å². The predicted octanol–water partition coefficient (Wildman–Crippen LogP) is -2.25. The molecule has 0 saturated carbocycles. The van der Waals surface area contributed by atoms with E-state index in [9.17, 15) is 28.4 Å². The van der Waals surface area contributed by atoms with E-state index in [-0.39, 0.29) is 32.1 Å². The Balaban J connectivity index is 5.03. The molecule has 0 amide bonds. The first-order chi connectivity index (χ1) is 9.68. The van der Waals surface area contributed by atoms with Crippen molar-refractivity contribution >= 4 is 16.1 Å². The van der Waals surface area contributed by atoms with Crippen molar-refractivity contribution in [3.05, 3.63) is 0 Å². The zero-order valence-electron chi connectivity index (χ0n) is 12.3. The molecule has 0 heterocycles. The van der Waals surface area contributed by atoms with Crippen molar-refractivity contribution in [1.29, 1.82) is 0 Å². The quantitative estimate of drug-likeness (QED) is 0.247. The van der Waals surface area contributed by atoms with Crippen LogP contribution in [0, 0.1) is 5.92 Å². The van der Waals surface area contributed by atoms with Gasteiger partial charge in [0, 0.05) is 0 Å². The first kappa shape index (κ1) is 20.6. The van der Waals surface area contributed by atoms with Gasteiger partial charge in [-0.05, 0) is 0 Å². The molecule has 0 bridgehead atoms. The summed E-state index contributed by atoms with van der Waals surface area (Å²) in [6.07, 6.45) is -3.12. The zero-order valence-corrected chi connectivity index (χ0v) is 13.1. The Labute approximate surface area is 125 Å². The molecular formula is C11H24BNO7S. The molecule has 0 spiro atoms. The summed E-state index contributed by atoms with van der Waals surface area (Å²) in [4.78, 5) is 1.24. The van der Waals surface area contributed by atoms with Gasteiger partial charge in [0.15, 0.2) is 0 Å². The van der Waals surface area contributed by atoms with E-state index in [2.05, 4.69) is 0 Å². The Hall–Kier alpha value is -0.385. The van der Waals surface area contributed by atoms with E-state index in [1.807, 2.05) is 13.8 Å². The van der Waals surface area contributed by atoms with Crippen molar-refractivity contribution < 1.29 is 33.5 Å². The van der Waals surface area contributed by atoms with E-state index in [1.165, 1.54) is 4.90 Å². The van der Waals surface area contributed by atoms with Crippen LogP contribution in [0.4, 0.5) is 0 Å². The molecule has 0 aromatic carbocycles. The Morgan fingerprint density at radius 2 is 1.76 bits per heavy atom. The number of aliphatic hydroxyl groups is 4. The molecule has 10 heteroatoms. The van der Waals surface area contributed by atoms with Crippen LogP contribution in [0.3, 0.4) is 0 Å². The van der Waals surface area contributed by atoms with Crippen molar-refractivity contribution in [2.45, 2.75) is 38.6 Å². The van der Waals surface area contributed by atoms with Crippen LogP contribution in [-0.2, 0) is 14.4 Å². The predicted molar refractivity (Wildman–Crippen MR) is 76.4 cm³/mol. The topological polar surface area (TPSA) is 135 Å². The molecule has 0 saturated heterocycles. The van der Waals surface area contributed by atoms with E-state index >= 15 is 0 Å². The molecule has 0 rings (SSSR count). The summed E-state index contributed by atoms with van der Waals surface area (Å²) in [5.41, 5.74) is 0. The molecule has 3 atom stereocenters. The molecule has 4 N–H and O–H groups in total. The van der Waals surface area contributed by atoms with E-state index < -0.39 is 33.8 Å². The Kier molecular flexibility index (Phi) is 9.42. The molecule has 0 aliphatic rings. The average molecular weight is 325 g/mol. The van der Waals surface area contributed by atoms with Gasteiger partial charge in [0.05, 0.1) is 0 Å². The second kappa shape index (κ2) is 9.60. The summed E-state index contributed by atoms with van der Waals surface area (Å²) < 4.78 is 32.7. The molecule has 0 aliphatic heterocycles. The van der Waals surface area contributed by atoms with E-state index in [0.717, 1.165) is 0 Å². The van der Waals surface area contributed by atoms with Crippen LogP contribution >= 0.6 is 0 Å². The average Bonchev–Trinajstić information content (AvgIpc) is 2.41. The summed E-state index contributed by atoms with van der Waals surface area (Å²) in [7, 11) is -4.11. The van der Waals surface area contributed by atoms with Gasteiger partial charge in [-0.3, -0.25) is 0 Å². The van der Waals surface area contributed by atoms with Crippen molar-refractivity contribution in [2.75, 3.05) is 25.5 Å². The van der Waals surface area contributed by atoms with E-state index in [4.69, 9.17) is 5.11 Å². The molecule has 0 fully saturated rings. The van der Waals surface area contributed by atoms with Gasteiger partial charge in [0.2, 0.25) is 0 Å². The van der Waals surface area contributed by atoms with Crippen molar-refractivity contribution in [3.8, 4) is 0 Å². The van der Waals surface area contributed by atoms with Crippen LogP contribution in [0.5, 0.6) is 0 Å². The third-order valence-electron chi connectivity index (χ3n) is 3.02. The number of aliphatic hydroxyl groups excluding tert-OH is 4. The summed E-state index contributed by atoms with van der Waals surface area (Å²) >= 11 is 0.